The van der Waals surface area contributed by atoms with Crippen LogP contribution in [0.2, 0.25) is 0 Å². The van der Waals surface area contributed by atoms with E-state index in [0.29, 0.717) is 0 Å². The number of hydrogen-bond acceptors (Lipinski definition) is 4. The maximum Gasteiger partial charge on any atom is 0.270 e. The second-order valence-electron chi connectivity index (χ2n) is 5.01. The summed E-state index contributed by atoms with van der Waals surface area (Å²) in [6, 6.07) is 18.7. The fourth-order valence-electron chi connectivity index (χ4n) is 1.85. The number of primary amides is 1. The van der Waals surface area contributed by atoms with Gasteiger partial charge in [0.25, 0.3) is 5.91 Å². The van der Waals surface area contributed by atoms with Crippen molar-refractivity contribution in [2.24, 2.45) is 15.7 Å². The molecule has 0 saturated carbocycles. The van der Waals surface area contributed by atoms with Gasteiger partial charge >= 0.3 is 0 Å². The molecule has 0 unspecified atom stereocenters. The number of benzene rings is 2. The molecule has 1 amide bonds. The van der Waals surface area contributed by atoms with Crippen molar-refractivity contribution in [1.29, 1.82) is 5.26 Å². The monoisotopic (exact) mass is 316 g/mol. The lowest BCUT2D eigenvalue weighted by atomic mass is 10.2. The summed E-state index contributed by atoms with van der Waals surface area (Å²) in [6.07, 6.45) is 2.97. The highest BCUT2D eigenvalue weighted by Crippen LogP contribution is 2.09. The molecule has 0 bridgehead atoms. The van der Waals surface area contributed by atoms with Gasteiger partial charge in [-0.3, -0.25) is 4.79 Å². The molecule has 0 aromatic heterocycles. The lowest BCUT2D eigenvalue weighted by Crippen LogP contribution is -2.14. The number of nitriles is 1. The number of nitrogens with two attached hydrogens (primary N) is 1. The van der Waals surface area contributed by atoms with Crippen LogP contribution in [0.15, 0.2) is 76.0 Å². The van der Waals surface area contributed by atoms with Gasteiger partial charge in [-0.25, -0.2) is 9.98 Å². The number of carbonyl (C=O) groups excluding carboxylic acids is 1. The molecule has 0 atom stereocenters. The van der Waals surface area contributed by atoms with Gasteiger partial charge in [-0.2, -0.15) is 5.26 Å². The van der Waals surface area contributed by atoms with Crippen LogP contribution < -0.4 is 5.73 Å². The third-order valence-electron chi connectivity index (χ3n) is 3.13. The normalized spacial score (nSPS) is 12.2. The molecular weight excluding hydrogens is 300 g/mol. The number of aryl methyl sites for hydroxylation is 1. The van der Waals surface area contributed by atoms with Gasteiger partial charge in [0.2, 0.25) is 0 Å². The predicted molar refractivity (Wildman–Crippen MR) is 94.6 cm³/mol. The minimum atomic E-state index is -0.806. The van der Waals surface area contributed by atoms with Crippen LogP contribution in [0.4, 0.5) is 0 Å². The number of hydrogen-bond donors (Lipinski definition) is 1. The molecule has 2 N–H and O–H groups in total. The Kier molecular flexibility index (Phi) is 5.76. The summed E-state index contributed by atoms with van der Waals surface area (Å²) in [7, 11) is 0. The number of amides is 1. The Morgan fingerprint density at radius 1 is 1.00 bits per heavy atom. The van der Waals surface area contributed by atoms with Gasteiger partial charge in [-0.15, -0.1) is 0 Å². The fourth-order valence-corrected chi connectivity index (χ4v) is 1.85. The van der Waals surface area contributed by atoms with E-state index in [2.05, 4.69) is 9.98 Å². The zero-order chi connectivity index (χ0) is 17.4. The van der Waals surface area contributed by atoms with Crippen molar-refractivity contribution in [3.63, 3.8) is 0 Å². The molecule has 2 aromatic rings. The number of allylic oxidation sites excluding steroid dienone is 1. The molecule has 0 fully saturated rings. The van der Waals surface area contributed by atoms with Crippen molar-refractivity contribution in [3.05, 3.63) is 82.7 Å². The second kappa shape index (κ2) is 8.20. The van der Waals surface area contributed by atoms with Gasteiger partial charge < -0.3 is 5.73 Å². The summed E-state index contributed by atoms with van der Waals surface area (Å²) in [6.45, 7) is 1.98. The number of nitrogens with zero attached hydrogens (tertiary/aromatic N) is 3. The highest BCUT2D eigenvalue weighted by atomic mass is 16.1. The van der Waals surface area contributed by atoms with E-state index in [1.165, 1.54) is 12.4 Å². The van der Waals surface area contributed by atoms with Crippen LogP contribution in [-0.4, -0.2) is 18.3 Å². The van der Waals surface area contributed by atoms with Crippen LogP contribution in [-0.2, 0) is 4.79 Å². The molecule has 0 saturated heterocycles. The largest absolute Gasteiger partial charge is 0.364 e. The maximum atomic E-state index is 11.6. The molecule has 5 nitrogen and oxygen atoms in total. The molecule has 2 aromatic carbocycles. The molecule has 0 spiro atoms. The molecule has 5 heteroatoms. The van der Waals surface area contributed by atoms with Crippen molar-refractivity contribution < 1.29 is 4.79 Å². The van der Waals surface area contributed by atoms with E-state index in [-0.39, 0.29) is 11.4 Å². The molecule has 0 heterocycles. The number of carbonyl (C=O) groups is 1. The fraction of sp³-hybridized carbons (Fsp3) is 0.0526. The first-order valence-corrected chi connectivity index (χ1v) is 7.24. The van der Waals surface area contributed by atoms with Crippen molar-refractivity contribution in [2.75, 3.05) is 0 Å². The van der Waals surface area contributed by atoms with E-state index in [4.69, 9.17) is 5.73 Å². The minimum Gasteiger partial charge on any atom is -0.364 e. The zero-order valence-corrected chi connectivity index (χ0v) is 13.2. The quantitative estimate of drug-likeness (QED) is 0.522. The molecule has 0 radical (unpaired) electrons. The molecule has 0 aliphatic rings. The van der Waals surface area contributed by atoms with Gasteiger partial charge in [0.1, 0.15) is 6.07 Å². The first-order valence-electron chi connectivity index (χ1n) is 7.24. The van der Waals surface area contributed by atoms with Crippen molar-refractivity contribution in [3.8, 4) is 6.07 Å². The smallest absolute Gasteiger partial charge is 0.270 e. The Labute approximate surface area is 140 Å². The summed E-state index contributed by atoms with van der Waals surface area (Å²) in [5.74, 6) is -0.806. The first kappa shape index (κ1) is 16.8. The molecule has 24 heavy (non-hydrogen) atoms. The second-order valence-corrected chi connectivity index (χ2v) is 5.01. The predicted octanol–water partition coefficient (Wildman–Crippen LogP) is 2.75. The summed E-state index contributed by atoms with van der Waals surface area (Å²) >= 11 is 0. The van der Waals surface area contributed by atoms with Gasteiger partial charge in [0.05, 0.1) is 0 Å². The van der Waals surface area contributed by atoms with Crippen LogP contribution >= 0.6 is 0 Å². The lowest BCUT2D eigenvalue weighted by Gasteiger charge is -1.99. The van der Waals surface area contributed by atoms with E-state index in [0.717, 1.165) is 16.7 Å². The molecule has 0 aliphatic heterocycles. The third kappa shape index (κ3) is 4.75. The van der Waals surface area contributed by atoms with Crippen LogP contribution in [0.25, 0.3) is 0 Å². The van der Waals surface area contributed by atoms with Gasteiger partial charge in [-0.1, -0.05) is 60.2 Å². The Hall–Kier alpha value is -3.52. The Morgan fingerprint density at radius 3 is 2.17 bits per heavy atom. The maximum absolute atomic E-state index is 11.6. The molecule has 2 rings (SSSR count). The SMILES string of the molecule is Cc1ccc(C=N/C(C#N)=C(\N=Cc2ccccc2)C(N)=O)cc1. The van der Waals surface area contributed by atoms with E-state index in [1.807, 2.05) is 67.6 Å². The number of aliphatic imine (C=N–C) groups is 2. The Morgan fingerprint density at radius 2 is 1.58 bits per heavy atom. The topological polar surface area (TPSA) is 91.6 Å². The van der Waals surface area contributed by atoms with Crippen molar-refractivity contribution >= 4 is 18.3 Å². The summed E-state index contributed by atoms with van der Waals surface area (Å²) < 4.78 is 0. The van der Waals surface area contributed by atoms with Gasteiger partial charge in [0, 0.05) is 12.4 Å². The summed E-state index contributed by atoms with van der Waals surface area (Å²) in [5.41, 5.74) is 7.74. The van der Waals surface area contributed by atoms with Crippen LogP contribution in [0.5, 0.6) is 0 Å². The van der Waals surface area contributed by atoms with Crippen molar-refractivity contribution in [2.45, 2.75) is 6.92 Å². The average Bonchev–Trinajstić information content (AvgIpc) is 2.59. The summed E-state index contributed by atoms with van der Waals surface area (Å²) in [5, 5.41) is 9.26. The molecule has 0 aliphatic carbocycles. The highest BCUT2D eigenvalue weighted by molar-refractivity contribution is 5.96. The van der Waals surface area contributed by atoms with Gasteiger partial charge in [-0.05, 0) is 18.1 Å². The number of rotatable bonds is 5. The summed E-state index contributed by atoms with van der Waals surface area (Å²) in [4.78, 5) is 19.7. The van der Waals surface area contributed by atoms with E-state index >= 15 is 0 Å². The van der Waals surface area contributed by atoms with E-state index in [9.17, 15) is 10.1 Å². The van der Waals surface area contributed by atoms with Crippen molar-refractivity contribution in [1.82, 2.24) is 0 Å². The average molecular weight is 316 g/mol. The zero-order valence-electron chi connectivity index (χ0n) is 13.2. The van der Waals surface area contributed by atoms with Crippen LogP contribution in [0.3, 0.4) is 0 Å². The van der Waals surface area contributed by atoms with E-state index in [1.54, 1.807) is 0 Å². The highest BCUT2D eigenvalue weighted by Gasteiger charge is 2.10. The molecule has 118 valence electrons. The standard InChI is InChI=1S/C19H16N4O/c1-14-7-9-16(10-8-14)12-22-17(11-20)18(19(21)24)23-13-15-5-3-2-4-6-15/h2-10,12-13H,1H3,(H2,21,24)/b18-17-,22-12?,23-13?. The Bertz CT molecular complexity index is 841. The minimum absolute atomic E-state index is 0.129. The molecular formula is C19H16N4O. The lowest BCUT2D eigenvalue weighted by molar-refractivity contribution is -0.114. The third-order valence-corrected chi connectivity index (χ3v) is 3.13. The van der Waals surface area contributed by atoms with Crippen LogP contribution in [0.1, 0.15) is 16.7 Å². The van der Waals surface area contributed by atoms with Gasteiger partial charge in [0.15, 0.2) is 11.4 Å². The Balaban J connectivity index is 2.33. The first-order chi connectivity index (χ1) is 11.6. The van der Waals surface area contributed by atoms with E-state index < -0.39 is 5.91 Å². The van der Waals surface area contributed by atoms with Crippen LogP contribution in [0, 0.1) is 18.3 Å².